The molecule has 0 nitrogen and oxygen atoms in total. The first-order valence-corrected chi connectivity index (χ1v) is 21.5. The fourth-order valence-corrected chi connectivity index (χ4v) is 10.6. The molecular weight excluding hydrogens is 561 g/mol. The van der Waals surface area contributed by atoms with Gasteiger partial charge in [0.15, 0.2) is 0 Å². The fourth-order valence-electron chi connectivity index (χ4n) is 5.16. The summed E-state index contributed by atoms with van der Waals surface area (Å²) in [4.78, 5) is 2.72. The van der Waals surface area contributed by atoms with Gasteiger partial charge in [0.25, 0.3) is 0 Å². The minimum atomic E-state index is 1.23. The number of aryl methyl sites for hydroxylation is 2. The van der Waals surface area contributed by atoms with E-state index < -0.39 is 0 Å². The third-order valence-corrected chi connectivity index (χ3v) is 13.8. The Morgan fingerprint density at radius 2 is 0.625 bits per heavy atom. The van der Waals surface area contributed by atoms with Gasteiger partial charge in [0, 0.05) is 9.79 Å². The van der Waals surface area contributed by atoms with E-state index in [1.165, 1.54) is 162 Å². The lowest BCUT2D eigenvalue weighted by atomic mass is 10.0. The van der Waals surface area contributed by atoms with E-state index >= 15 is 0 Å². The molecule has 0 fully saturated rings. The van der Waals surface area contributed by atoms with Crippen LogP contribution in [0, 0.1) is 0 Å². The van der Waals surface area contributed by atoms with Crippen LogP contribution in [0.25, 0.3) is 0 Å². The molecule has 0 bridgehead atoms. The molecule has 0 heterocycles. The zero-order valence-electron chi connectivity index (χ0n) is 25.8. The summed E-state index contributed by atoms with van der Waals surface area (Å²) in [6, 6.07) is 18.6. The summed E-state index contributed by atoms with van der Waals surface area (Å²) in [6.07, 6.45) is 30.7. The van der Waals surface area contributed by atoms with Gasteiger partial charge in [0.05, 0.1) is 0 Å². The maximum absolute atomic E-state index is 2.34. The summed E-state index contributed by atoms with van der Waals surface area (Å²) in [7, 11) is 7.50. The lowest BCUT2D eigenvalue weighted by Gasteiger charge is -2.05. The van der Waals surface area contributed by atoms with E-state index in [2.05, 4.69) is 62.4 Å². The number of rotatable bonds is 27. The van der Waals surface area contributed by atoms with E-state index in [1.54, 1.807) is 0 Å². The van der Waals surface area contributed by atoms with E-state index in [-0.39, 0.29) is 0 Å². The van der Waals surface area contributed by atoms with Crippen LogP contribution >= 0.6 is 41.2 Å². The minimum Gasteiger partial charge on any atom is -0.0654 e. The molecule has 0 aromatic heterocycles. The highest BCUT2D eigenvalue weighted by atomic mass is 33.7. The molecule has 0 unspecified atom stereocenters. The van der Waals surface area contributed by atoms with Gasteiger partial charge < -0.3 is 0 Å². The molecule has 226 valence electrons. The second-order valence-electron chi connectivity index (χ2n) is 11.5. The van der Waals surface area contributed by atoms with Crippen molar-refractivity contribution in [2.75, 3.05) is 0 Å². The summed E-state index contributed by atoms with van der Waals surface area (Å²) >= 11 is 0. The monoisotopic (exact) mass is 618 g/mol. The largest absolute Gasteiger partial charge is 0.0654 e. The lowest BCUT2D eigenvalue weighted by Crippen LogP contribution is -1.86. The molecule has 0 aliphatic heterocycles. The molecule has 0 aliphatic carbocycles. The quantitative estimate of drug-likeness (QED) is 0.0721. The maximum atomic E-state index is 2.34. The molecule has 2 rings (SSSR count). The van der Waals surface area contributed by atoms with Crippen LogP contribution in [0.5, 0.6) is 0 Å². The summed E-state index contributed by atoms with van der Waals surface area (Å²) in [5.74, 6) is 0. The van der Waals surface area contributed by atoms with Gasteiger partial charge in [-0.2, -0.15) is 0 Å². The van der Waals surface area contributed by atoms with E-state index in [1.807, 2.05) is 41.2 Å². The normalized spacial score (nSPS) is 11.3. The zero-order chi connectivity index (χ0) is 28.4. The Balaban J connectivity index is 1.44. The van der Waals surface area contributed by atoms with Gasteiger partial charge in [-0.15, -0.1) is 0 Å². The van der Waals surface area contributed by atoms with Gasteiger partial charge in [0.1, 0.15) is 0 Å². The fraction of sp³-hybridized carbons (Fsp3) is 0.667. The highest BCUT2D eigenvalue weighted by molar-refractivity contribution is 9.26. The number of hydrogen-bond donors (Lipinski definition) is 0. The molecule has 0 spiro atoms. The van der Waals surface area contributed by atoms with Crippen LogP contribution in [0.3, 0.4) is 0 Å². The molecule has 4 heteroatoms. The molecule has 0 aliphatic rings. The molecule has 0 amide bonds. The molecule has 2 aromatic carbocycles. The van der Waals surface area contributed by atoms with Crippen molar-refractivity contribution >= 4 is 41.2 Å². The topological polar surface area (TPSA) is 0 Å². The summed E-state index contributed by atoms with van der Waals surface area (Å²) in [6.45, 7) is 4.59. The van der Waals surface area contributed by atoms with Crippen LogP contribution in [0.15, 0.2) is 58.3 Å². The van der Waals surface area contributed by atoms with Gasteiger partial charge in [-0.1, -0.05) is 154 Å². The SMILES string of the molecule is CCCCCCCCCCCCc1ccc(SSSSc2ccc(CCCCCCCCCCCC)cc2)cc1. The number of unbranched alkanes of at least 4 members (excludes halogenated alkanes) is 18. The Labute approximate surface area is 264 Å². The summed E-state index contributed by atoms with van der Waals surface area (Å²) in [5.41, 5.74) is 2.99. The van der Waals surface area contributed by atoms with Crippen molar-refractivity contribution in [3.8, 4) is 0 Å². The Morgan fingerprint density at radius 3 is 0.925 bits per heavy atom. The predicted octanol–water partition coefficient (Wildman–Crippen LogP) is 14.7. The van der Waals surface area contributed by atoms with Crippen molar-refractivity contribution in [1.82, 2.24) is 0 Å². The first-order valence-electron chi connectivity index (χ1n) is 16.7. The average molecular weight is 619 g/mol. The molecular formula is C36H58S4. The van der Waals surface area contributed by atoms with Crippen molar-refractivity contribution in [2.45, 2.75) is 165 Å². The Morgan fingerprint density at radius 1 is 0.350 bits per heavy atom. The van der Waals surface area contributed by atoms with Gasteiger partial charge in [-0.25, -0.2) is 0 Å². The molecule has 2 aromatic rings. The van der Waals surface area contributed by atoms with Crippen molar-refractivity contribution in [1.29, 1.82) is 0 Å². The Kier molecular flexibility index (Phi) is 23.8. The first kappa shape index (κ1) is 36.0. The van der Waals surface area contributed by atoms with Gasteiger partial charge in [0.2, 0.25) is 0 Å². The second-order valence-corrected chi connectivity index (χ2v) is 17.3. The Hall–Kier alpha value is -0.160. The molecule has 0 atom stereocenters. The molecule has 40 heavy (non-hydrogen) atoms. The van der Waals surface area contributed by atoms with Gasteiger partial charge in [-0.05, 0) is 102 Å². The van der Waals surface area contributed by atoms with Gasteiger partial charge in [-0.3, -0.25) is 0 Å². The van der Waals surface area contributed by atoms with Crippen molar-refractivity contribution in [3.05, 3.63) is 59.7 Å². The number of benzene rings is 2. The minimum absolute atomic E-state index is 1.23. The van der Waals surface area contributed by atoms with Crippen molar-refractivity contribution in [2.24, 2.45) is 0 Å². The summed E-state index contributed by atoms with van der Waals surface area (Å²) < 4.78 is 0. The highest BCUT2D eigenvalue weighted by Crippen LogP contribution is 2.49. The van der Waals surface area contributed by atoms with E-state index in [9.17, 15) is 0 Å². The van der Waals surface area contributed by atoms with Crippen LogP contribution in [-0.2, 0) is 12.8 Å². The molecule has 0 radical (unpaired) electrons. The van der Waals surface area contributed by atoms with Crippen molar-refractivity contribution < 1.29 is 0 Å². The highest BCUT2D eigenvalue weighted by Gasteiger charge is 2.02. The lowest BCUT2D eigenvalue weighted by molar-refractivity contribution is 0.556. The Bertz CT molecular complexity index is 733. The van der Waals surface area contributed by atoms with Crippen LogP contribution in [0.1, 0.15) is 153 Å². The van der Waals surface area contributed by atoms with Crippen LogP contribution in [0.2, 0.25) is 0 Å². The van der Waals surface area contributed by atoms with Gasteiger partial charge >= 0.3 is 0 Å². The second kappa shape index (κ2) is 26.5. The zero-order valence-corrected chi connectivity index (χ0v) is 29.1. The molecule has 0 N–H and O–H groups in total. The standard InChI is InChI=1S/C36H58S4/c1-3-5-7-9-11-13-15-17-19-21-23-33-25-29-35(30-26-33)37-39-40-38-36-31-27-34(28-32-36)24-22-20-18-16-14-12-10-8-6-4-2/h25-32H,3-24H2,1-2H3. The summed E-state index contributed by atoms with van der Waals surface area (Å²) in [5, 5.41) is 0. The number of hydrogen-bond acceptors (Lipinski definition) is 4. The van der Waals surface area contributed by atoms with E-state index in [0.29, 0.717) is 0 Å². The predicted molar refractivity (Wildman–Crippen MR) is 191 cm³/mol. The van der Waals surface area contributed by atoms with Crippen LogP contribution in [0.4, 0.5) is 0 Å². The van der Waals surface area contributed by atoms with Crippen LogP contribution in [-0.4, -0.2) is 0 Å². The molecule has 0 saturated heterocycles. The van der Waals surface area contributed by atoms with E-state index in [0.717, 1.165) is 0 Å². The van der Waals surface area contributed by atoms with Crippen molar-refractivity contribution in [3.63, 3.8) is 0 Å². The molecule has 0 saturated carbocycles. The van der Waals surface area contributed by atoms with Crippen LogP contribution < -0.4 is 0 Å². The smallest absolute Gasteiger partial charge is 0.0191 e. The van der Waals surface area contributed by atoms with E-state index in [4.69, 9.17) is 0 Å². The average Bonchev–Trinajstić information content (AvgIpc) is 2.98. The maximum Gasteiger partial charge on any atom is 0.0191 e. The third kappa shape index (κ3) is 19.9. The third-order valence-electron chi connectivity index (χ3n) is 7.77. The first-order chi connectivity index (χ1) is 19.8.